The molecule has 0 amide bonds. The molecule has 2 rings (SSSR count). The summed E-state index contributed by atoms with van der Waals surface area (Å²) in [6, 6.07) is 5.81. The Morgan fingerprint density at radius 1 is 1.15 bits per heavy atom. The van der Waals surface area contributed by atoms with Crippen molar-refractivity contribution in [1.29, 1.82) is 0 Å². The Hall–Kier alpha value is -0.260. The lowest BCUT2D eigenvalue weighted by atomic mass is 10.3. The van der Waals surface area contributed by atoms with Crippen molar-refractivity contribution in [3.05, 3.63) is 23.4 Å². The topological polar surface area (TPSA) is 22.6 Å². The molecule has 0 aromatic carbocycles. The number of hydrogen-bond acceptors (Lipinski definition) is 4. The van der Waals surface area contributed by atoms with Gasteiger partial charge in [0.25, 0.3) is 0 Å². The minimum absolute atomic E-state index is 0. The lowest BCUT2D eigenvalue weighted by molar-refractivity contribution is -0.00100. The average molecular weight is 340 g/mol. The molecule has 7 heteroatoms. The second kappa shape index (κ2) is 9.64. The van der Waals surface area contributed by atoms with Crippen molar-refractivity contribution in [3.63, 3.8) is 0 Å². The highest BCUT2D eigenvalue weighted by Crippen LogP contribution is 2.16. The van der Waals surface area contributed by atoms with E-state index in [0.29, 0.717) is 5.15 Å². The fraction of sp³-hybridized carbons (Fsp3) is 0.615. The van der Waals surface area contributed by atoms with Gasteiger partial charge >= 0.3 is 0 Å². The molecule has 0 atom stereocenters. The molecule has 1 fully saturated rings. The Morgan fingerprint density at radius 2 is 1.80 bits per heavy atom. The van der Waals surface area contributed by atoms with Crippen molar-refractivity contribution in [2.24, 2.45) is 0 Å². The molecule has 20 heavy (non-hydrogen) atoms. The van der Waals surface area contributed by atoms with Crippen LogP contribution in [0.25, 0.3) is 0 Å². The molecule has 0 N–H and O–H groups in total. The molecule has 1 aromatic rings. The first-order valence-electron chi connectivity index (χ1n) is 6.40. The van der Waals surface area contributed by atoms with Gasteiger partial charge < -0.3 is 34.6 Å². The molecule has 1 aromatic heterocycles. The first kappa shape index (κ1) is 19.7. The Labute approximate surface area is 138 Å². The zero-order valence-corrected chi connectivity index (χ0v) is 14.2. The van der Waals surface area contributed by atoms with Gasteiger partial charge in [-0.15, -0.1) is 0 Å². The molecule has 1 aliphatic rings. The van der Waals surface area contributed by atoms with E-state index in [1.165, 1.54) is 0 Å². The van der Waals surface area contributed by atoms with Gasteiger partial charge in [0.05, 0.1) is 0 Å². The van der Waals surface area contributed by atoms with Gasteiger partial charge in [-0.2, -0.15) is 0 Å². The molecular weight excluding hydrogens is 319 g/mol. The van der Waals surface area contributed by atoms with Crippen molar-refractivity contribution in [3.8, 4) is 0 Å². The Kier molecular flexibility index (Phi) is 9.51. The van der Waals surface area contributed by atoms with Gasteiger partial charge in [-0.3, -0.25) is 4.90 Å². The van der Waals surface area contributed by atoms with E-state index in [0.717, 1.165) is 45.1 Å². The quantitative estimate of drug-likeness (QED) is 0.515. The fourth-order valence-corrected chi connectivity index (χ4v) is 2.27. The zero-order chi connectivity index (χ0) is 13.0. The van der Waals surface area contributed by atoms with Crippen LogP contribution in [0.5, 0.6) is 0 Å². The van der Waals surface area contributed by atoms with Gasteiger partial charge in [0.2, 0.25) is 0 Å². The SMILES string of the molecule is CN(C)CCN1CCN(c2cccc(Cl)n2)CC1.[Cl-].[Cl-]. The molecule has 0 aliphatic carbocycles. The van der Waals surface area contributed by atoms with Crippen LogP contribution in [0.1, 0.15) is 0 Å². The maximum atomic E-state index is 5.92. The van der Waals surface area contributed by atoms with Crippen molar-refractivity contribution in [1.82, 2.24) is 14.8 Å². The molecule has 0 spiro atoms. The summed E-state index contributed by atoms with van der Waals surface area (Å²) in [7, 11) is 4.23. The molecule has 2 heterocycles. The number of nitrogens with zero attached hydrogens (tertiary/aromatic N) is 4. The first-order valence-corrected chi connectivity index (χ1v) is 6.77. The van der Waals surface area contributed by atoms with E-state index < -0.39 is 0 Å². The monoisotopic (exact) mass is 338 g/mol. The van der Waals surface area contributed by atoms with E-state index in [1.807, 2.05) is 18.2 Å². The summed E-state index contributed by atoms with van der Waals surface area (Å²) in [6.07, 6.45) is 0. The lowest BCUT2D eigenvalue weighted by Crippen LogP contribution is -3.00. The van der Waals surface area contributed by atoms with Crippen LogP contribution in [0.4, 0.5) is 5.82 Å². The average Bonchev–Trinajstić information content (AvgIpc) is 2.37. The van der Waals surface area contributed by atoms with Gasteiger partial charge in [0.1, 0.15) is 11.0 Å². The molecule has 0 bridgehead atoms. The fourth-order valence-electron chi connectivity index (χ4n) is 2.12. The van der Waals surface area contributed by atoms with E-state index in [9.17, 15) is 0 Å². The van der Waals surface area contributed by atoms with Gasteiger partial charge in [0, 0.05) is 39.3 Å². The van der Waals surface area contributed by atoms with E-state index in [1.54, 1.807) is 0 Å². The molecule has 1 saturated heterocycles. The summed E-state index contributed by atoms with van der Waals surface area (Å²) in [5, 5.41) is 0.572. The number of halogens is 3. The standard InChI is InChI=1S/C13H21ClN4.2ClH/c1-16(2)6-7-17-8-10-18(11-9-17)13-5-3-4-12(14)15-13;;/h3-5H,6-11H2,1-2H3;2*1H/p-2. The summed E-state index contributed by atoms with van der Waals surface area (Å²) < 4.78 is 0. The van der Waals surface area contributed by atoms with Crippen molar-refractivity contribution in [2.45, 2.75) is 0 Å². The smallest absolute Gasteiger partial charge is 0.131 e. The molecule has 0 unspecified atom stereocenters. The lowest BCUT2D eigenvalue weighted by Gasteiger charge is -2.35. The number of pyridine rings is 1. The highest BCUT2D eigenvalue weighted by atomic mass is 35.5. The Balaban J connectivity index is 0.00000180. The number of likely N-dealkylation sites (N-methyl/N-ethyl adjacent to an activating group) is 1. The van der Waals surface area contributed by atoms with E-state index in [-0.39, 0.29) is 24.8 Å². The summed E-state index contributed by atoms with van der Waals surface area (Å²) in [5.41, 5.74) is 0. The van der Waals surface area contributed by atoms with Crippen molar-refractivity contribution >= 4 is 17.4 Å². The van der Waals surface area contributed by atoms with Crippen LogP contribution in [0, 0.1) is 0 Å². The number of aromatic nitrogens is 1. The summed E-state index contributed by atoms with van der Waals surface area (Å²) >= 11 is 5.92. The molecule has 4 nitrogen and oxygen atoms in total. The largest absolute Gasteiger partial charge is 1.00 e. The van der Waals surface area contributed by atoms with Crippen LogP contribution in [0.3, 0.4) is 0 Å². The maximum Gasteiger partial charge on any atom is 0.131 e. The third kappa shape index (κ3) is 6.02. The Bertz CT molecular complexity index is 382. The van der Waals surface area contributed by atoms with Crippen LogP contribution < -0.4 is 29.7 Å². The highest BCUT2D eigenvalue weighted by molar-refractivity contribution is 6.29. The summed E-state index contributed by atoms with van der Waals surface area (Å²) in [4.78, 5) is 11.4. The number of anilines is 1. The molecule has 1 aliphatic heterocycles. The van der Waals surface area contributed by atoms with Gasteiger partial charge in [-0.25, -0.2) is 4.98 Å². The molecule has 0 radical (unpaired) electrons. The minimum atomic E-state index is 0. The van der Waals surface area contributed by atoms with Crippen LogP contribution in [0.15, 0.2) is 18.2 Å². The number of rotatable bonds is 4. The predicted octanol–water partition coefficient (Wildman–Crippen LogP) is -4.57. The normalized spacial score (nSPS) is 15.7. The Morgan fingerprint density at radius 3 is 2.35 bits per heavy atom. The summed E-state index contributed by atoms with van der Waals surface area (Å²) in [6.45, 7) is 6.52. The summed E-state index contributed by atoms with van der Waals surface area (Å²) in [5.74, 6) is 0.995. The molecule has 116 valence electrons. The van der Waals surface area contributed by atoms with Crippen LogP contribution >= 0.6 is 11.6 Å². The predicted molar refractivity (Wildman–Crippen MR) is 76.5 cm³/mol. The van der Waals surface area contributed by atoms with Crippen LogP contribution in [-0.2, 0) is 0 Å². The van der Waals surface area contributed by atoms with Gasteiger partial charge in [-0.1, -0.05) is 17.7 Å². The number of piperazine rings is 1. The highest BCUT2D eigenvalue weighted by Gasteiger charge is 2.17. The third-order valence-electron chi connectivity index (χ3n) is 3.26. The van der Waals surface area contributed by atoms with Gasteiger partial charge in [0.15, 0.2) is 0 Å². The zero-order valence-electron chi connectivity index (χ0n) is 11.9. The first-order chi connectivity index (χ1) is 8.65. The maximum absolute atomic E-state index is 5.92. The second-order valence-electron chi connectivity index (χ2n) is 4.95. The molecule has 0 saturated carbocycles. The molecular formula is C13H21Cl3N4-2. The van der Waals surface area contributed by atoms with Crippen molar-refractivity contribution in [2.75, 3.05) is 58.3 Å². The van der Waals surface area contributed by atoms with Crippen LogP contribution in [-0.4, -0.2) is 68.1 Å². The van der Waals surface area contributed by atoms with Crippen LogP contribution in [0.2, 0.25) is 5.15 Å². The van der Waals surface area contributed by atoms with E-state index in [4.69, 9.17) is 11.6 Å². The number of hydrogen-bond donors (Lipinski definition) is 0. The van der Waals surface area contributed by atoms with E-state index >= 15 is 0 Å². The van der Waals surface area contributed by atoms with E-state index in [2.05, 4.69) is 33.8 Å². The van der Waals surface area contributed by atoms with Gasteiger partial charge in [-0.05, 0) is 26.2 Å². The second-order valence-corrected chi connectivity index (χ2v) is 5.34. The van der Waals surface area contributed by atoms with Crippen molar-refractivity contribution < 1.29 is 24.8 Å². The minimum Gasteiger partial charge on any atom is -1.00 e. The third-order valence-corrected chi connectivity index (χ3v) is 3.47.